The van der Waals surface area contributed by atoms with Crippen LogP contribution in [0.4, 0.5) is 5.69 Å². The predicted molar refractivity (Wildman–Crippen MR) is 112 cm³/mol. The summed E-state index contributed by atoms with van der Waals surface area (Å²) in [5, 5.41) is 2.06. The molecule has 6 heteroatoms. The first kappa shape index (κ1) is 18.6. The van der Waals surface area contributed by atoms with Crippen LogP contribution in [0.25, 0.3) is 16.8 Å². The van der Waals surface area contributed by atoms with Crippen molar-refractivity contribution in [2.75, 3.05) is 19.1 Å². The predicted octanol–water partition coefficient (Wildman–Crippen LogP) is 5.33. The molecule has 1 atom stereocenters. The van der Waals surface area contributed by atoms with Crippen molar-refractivity contribution in [3.63, 3.8) is 0 Å². The molecule has 5 nitrogen and oxygen atoms in total. The monoisotopic (exact) mass is 393 g/mol. The van der Waals surface area contributed by atoms with Crippen molar-refractivity contribution < 1.29 is 18.4 Å². The van der Waals surface area contributed by atoms with E-state index in [0.717, 1.165) is 16.3 Å². The first-order chi connectivity index (χ1) is 13.6. The number of hydrogen-bond donors (Lipinski definition) is 0. The van der Waals surface area contributed by atoms with Gasteiger partial charge >= 0.3 is 7.60 Å². The third-order valence-corrected chi connectivity index (χ3v) is 7.01. The Morgan fingerprint density at radius 1 is 0.929 bits per heavy atom. The van der Waals surface area contributed by atoms with E-state index in [1.54, 1.807) is 30.3 Å². The van der Waals surface area contributed by atoms with Gasteiger partial charge in [-0.2, -0.15) is 0 Å². The molecular formula is C22H20NO4P. The van der Waals surface area contributed by atoms with Crippen LogP contribution in [0.2, 0.25) is 0 Å². The zero-order valence-corrected chi connectivity index (χ0v) is 16.5. The lowest BCUT2D eigenvalue weighted by Crippen LogP contribution is -2.41. The highest BCUT2D eigenvalue weighted by Crippen LogP contribution is 2.56. The maximum atomic E-state index is 13.4. The number of anilines is 1. The van der Waals surface area contributed by atoms with Crippen molar-refractivity contribution in [2.24, 2.45) is 0 Å². The molecular weight excluding hydrogens is 373 g/mol. The number of carbonyl (C=O) groups is 1. The molecule has 3 aromatic carbocycles. The van der Waals surface area contributed by atoms with Crippen molar-refractivity contribution in [1.29, 1.82) is 0 Å². The molecule has 1 aliphatic rings. The van der Waals surface area contributed by atoms with E-state index in [9.17, 15) is 9.36 Å². The fourth-order valence-corrected chi connectivity index (χ4v) is 4.88. The van der Waals surface area contributed by atoms with Crippen LogP contribution >= 0.6 is 7.60 Å². The molecule has 0 aromatic heterocycles. The van der Waals surface area contributed by atoms with Crippen LogP contribution in [0.15, 0.2) is 72.8 Å². The molecule has 142 valence electrons. The Bertz CT molecular complexity index is 1100. The van der Waals surface area contributed by atoms with Gasteiger partial charge in [0.25, 0.3) is 5.91 Å². The smallest absolute Gasteiger partial charge is 0.310 e. The Balaban J connectivity index is 1.93. The van der Waals surface area contributed by atoms with Gasteiger partial charge in [0, 0.05) is 19.8 Å². The summed E-state index contributed by atoms with van der Waals surface area (Å²) in [5.74, 6) is -1.12. The lowest BCUT2D eigenvalue weighted by molar-refractivity contribution is 0.0982. The summed E-state index contributed by atoms with van der Waals surface area (Å²) in [6.45, 7) is 0. The Kier molecular flexibility index (Phi) is 4.90. The Morgan fingerprint density at radius 2 is 1.54 bits per heavy atom. The van der Waals surface area contributed by atoms with E-state index in [1.807, 2.05) is 48.5 Å². The van der Waals surface area contributed by atoms with Crippen LogP contribution in [0.3, 0.4) is 0 Å². The summed E-state index contributed by atoms with van der Waals surface area (Å²) in [6.07, 6.45) is 3.58. The summed E-state index contributed by atoms with van der Waals surface area (Å²) < 4.78 is 23.7. The molecule has 0 aliphatic carbocycles. The van der Waals surface area contributed by atoms with Gasteiger partial charge in [-0.15, -0.1) is 0 Å². The van der Waals surface area contributed by atoms with Gasteiger partial charge in [0.05, 0.1) is 5.69 Å². The van der Waals surface area contributed by atoms with E-state index in [4.69, 9.17) is 9.05 Å². The number of rotatable bonds is 4. The van der Waals surface area contributed by atoms with Crippen LogP contribution in [0, 0.1) is 0 Å². The number of nitrogens with zero attached hydrogens (tertiary/aromatic N) is 1. The van der Waals surface area contributed by atoms with E-state index in [-0.39, 0.29) is 5.91 Å². The molecule has 1 unspecified atom stereocenters. The number of carbonyl (C=O) groups excluding carboxylic acids is 1. The second-order valence-electron chi connectivity index (χ2n) is 6.48. The van der Waals surface area contributed by atoms with E-state index in [2.05, 4.69) is 0 Å². The van der Waals surface area contributed by atoms with Crippen LogP contribution in [0.1, 0.15) is 15.9 Å². The number of fused-ring (bicyclic) bond motifs is 2. The zero-order chi connectivity index (χ0) is 19.7. The van der Waals surface area contributed by atoms with Gasteiger partial charge in [-0.3, -0.25) is 14.3 Å². The van der Waals surface area contributed by atoms with Crippen molar-refractivity contribution in [3.05, 3.63) is 83.9 Å². The van der Waals surface area contributed by atoms with Gasteiger partial charge in [0.1, 0.15) is 0 Å². The van der Waals surface area contributed by atoms with Crippen LogP contribution in [-0.2, 0) is 13.6 Å². The molecule has 1 aliphatic heterocycles. The fraction of sp³-hybridized carbons (Fsp3) is 0.136. The molecule has 0 N–H and O–H groups in total. The van der Waals surface area contributed by atoms with Gasteiger partial charge in [0.15, 0.2) is 5.78 Å². The molecule has 0 bridgehead atoms. The van der Waals surface area contributed by atoms with Crippen LogP contribution in [0.5, 0.6) is 0 Å². The lowest BCUT2D eigenvalue weighted by Gasteiger charge is -2.36. The highest BCUT2D eigenvalue weighted by Gasteiger charge is 2.42. The van der Waals surface area contributed by atoms with Gasteiger partial charge in [0.2, 0.25) is 0 Å². The van der Waals surface area contributed by atoms with Crippen molar-refractivity contribution in [3.8, 4) is 0 Å². The summed E-state index contributed by atoms with van der Waals surface area (Å²) in [6, 6.07) is 20.8. The van der Waals surface area contributed by atoms with Gasteiger partial charge in [-0.1, -0.05) is 48.5 Å². The summed E-state index contributed by atoms with van der Waals surface area (Å²) in [7, 11) is -0.920. The average Bonchev–Trinajstić information content (AvgIpc) is 2.76. The Labute approximate surface area is 163 Å². The second-order valence-corrected chi connectivity index (χ2v) is 8.82. The fourth-order valence-electron chi connectivity index (χ4n) is 3.49. The SMILES string of the molecule is COP(=O)(OC)C1C=Cc2cc3ccccc3cc2N1C(=O)c1ccccc1. The maximum Gasteiger partial charge on any atom is 0.356 e. The molecule has 4 rings (SSSR count). The maximum absolute atomic E-state index is 13.4. The molecule has 1 amide bonds. The Morgan fingerprint density at radius 3 is 2.18 bits per heavy atom. The second kappa shape index (κ2) is 7.36. The van der Waals surface area contributed by atoms with Crippen molar-refractivity contribution >= 4 is 36.0 Å². The minimum Gasteiger partial charge on any atom is -0.310 e. The molecule has 0 radical (unpaired) electrons. The van der Waals surface area contributed by atoms with Crippen LogP contribution in [-0.4, -0.2) is 25.9 Å². The standard InChI is InChI=1S/C22H20NO4P/c1-26-28(25,27-2)21-13-12-19-14-17-10-6-7-11-18(17)15-20(19)23(21)22(24)16-8-4-3-5-9-16/h3-15,21H,1-2H3. The quantitative estimate of drug-likeness (QED) is 0.563. The topological polar surface area (TPSA) is 55.8 Å². The average molecular weight is 393 g/mol. The van der Waals surface area contributed by atoms with Gasteiger partial charge in [-0.05, 0) is 46.7 Å². The third-order valence-electron chi connectivity index (χ3n) is 4.94. The largest absolute Gasteiger partial charge is 0.356 e. The van der Waals surface area contributed by atoms with Gasteiger partial charge < -0.3 is 9.05 Å². The van der Waals surface area contributed by atoms with E-state index >= 15 is 0 Å². The van der Waals surface area contributed by atoms with E-state index < -0.39 is 13.4 Å². The third kappa shape index (κ3) is 3.08. The normalized spacial score (nSPS) is 16.2. The number of hydrogen-bond acceptors (Lipinski definition) is 4. The van der Waals surface area contributed by atoms with E-state index in [1.165, 1.54) is 19.1 Å². The number of amides is 1. The molecule has 0 saturated carbocycles. The lowest BCUT2D eigenvalue weighted by atomic mass is 10.0. The highest BCUT2D eigenvalue weighted by atomic mass is 31.2. The van der Waals surface area contributed by atoms with Crippen molar-refractivity contribution in [1.82, 2.24) is 0 Å². The summed E-state index contributed by atoms with van der Waals surface area (Å²) in [5.41, 5.74) is 2.05. The molecule has 0 spiro atoms. The van der Waals surface area contributed by atoms with Crippen LogP contribution < -0.4 is 4.90 Å². The highest BCUT2D eigenvalue weighted by molar-refractivity contribution is 7.55. The first-order valence-electron chi connectivity index (χ1n) is 8.88. The summed E-state index contributed by atoms with van der Waals surface area (Å²) >= 11 is 0. The number of benzene rings is 3. The van der Waals surface area contributed by atoms with Crippen molar-refractivity contribution in [2.45, 2.75) is 5.78 Å². The first-order valence-corrected chi connectivity index (χ1v) is 10.5. The molecule has 1 heterocycles. The molecule has 0 saturated heterocycles. The minimum atomic E-state index is -3.58. The molecule has 3 aromatic rings. The van der Waals surface area contributed by atoms with Gasteiger partial charge in [-0.25, -0.2) is 0 Å². The minimum absolute atomic E-state index is 0.263. The Hall–Kier alpha value is -2.72. The molecule has 0 fully saturated rings. The van der Waals surface area contributed by atoms with E-state index in [0.29, 0.717) is 11.3 Å². The molecule has 28 heavy (non-hydrogen) atoms. The zero-order valence-electron chi connectivity index (χ0n) is 15.6. The summed E-state index contributed by atoms with van der Waals surface area (Å²) in [4.78, 5) is 15.0.